The Morgan fingerprint density at radius 2 is 2.00 bits per heavy atom. The molecule has 2 bridgehead atoms. The maximum absolute atomic E-state index is 13.2. The van der Waals surface area contributed by atoms with Gasteiger partial charge in [0, 0.05) is 23.1 Å². The van der Waals surface area contributed by atoms with Gasteiger partial charge in [0.2, 0.25) is 5.91 Å². The van der Waals surface area contributed by atoms with Crippen LogP contribution in [0.1, 0.15) is 38.7 Å². The molecular formula is C17H24BrClN2O. The fraction of sp³-hybridized carbons (Fsp3) is 0.588. The smallest absolute Gasteiger partial charge is 0.233 e. The quantitative estimate of drug-likeness (QED) is 0.842. The molecule has 5 heteroatoms. The minimum absolute atomic E-state index is 0. The van der Waals surface area contributed by atoms with Crippen molar-refractivity contribution in [2.45, 2.75) is 50.6 Å². The molecule has 2 heterocycles. The summed E-state index contributed by atoms with van der Waals surface area (Å²) in [5, 5.41) is 3.46. The van der Waals surface area contributed by atoms with Gasteiger partial charge in [0.25, 0.3) is 0 Å². The fourth-order valence-electron chi connectivity index (χ4n) is 3.64. The molecule has 3 nitrogen and oxygen atoms in total. The maximum Gasteiger partial charge on any atom is 0.233 e. The van der Waals surface area contributed by atoms with Crippen molar-refractivity contribution >= 4 is 34.2 Å². The molecule has 1 amide bonds. The Balaban J connectivity index is 0.00000176. The molecule has 0 radical (unpaired) electrons. The van der Waals surface area contributed by atoms with E-state index in [0.717, 1.165) is 42.4 Å². The minimum atomic E-state index is -0.477. The van der Waals surface area contributed by atoms with Gasteiger partial charge in [-0.1, -0.05) is 28.1 Å². The van der Waals surface area contributed by atoms with Crippen LogP contribution in [-0.4, -0.2) is 36.0 Å². The van der Waals surface area contributed by atoms with Crippen LogP contribution in [0.2, 0.25) is 0 Å². The lowest BCUT2D eigenvalue weighted by atomic mass is 9.82. The molecule has 1 aromatic rings. The molecule has 1 N–H and O–H groups in total. The average molecular weight is 388 g/mol. The lowest BCUT2D eigenvalue weighted by Gasteiger charge is -2.36. The van der Waals surface area contributed by atoms with Crippen LogP contribution in [-0.2, 0) is 10.2 Å². The fourth-order valence-corrected chi connectivity index (χ4v) is 4.04. The highest BCUT2D eigenvalue weighted by atomic mass is 79.9. The summed E-state index contributed by atoms with van der Waals surface area (Å²) in [5.74, 6) is 0.275. The maximum atomic E-state index is 13.2. The summed E-state index contributed by atoms with van der Waals surface area (Å²) < 4.78 is 1.03. The Labute approximate surface area is 147 Å². The van der Waals surface area contributed by atoms with E-state index in [2.05, 4.69) is 52.1 Å². The predicted octanol–water partition coefficient (Wildman–Crippen LogP) is 3.50. The molecule has 2 atom stereocenters. The average Bonchev–Trinajstić information content (AvgIpc) is 2.71. The van der Waals surface area contributed by atoms with Crippen LogP contribution in [0, 0.1) is 0 Å². The van der Waals surface area contributed by atoms with Gasteiger partial charge in [-0.15, -0.1) is 12.4 Å². The van der Waals surface area contributed by atoms with E-state index in [1.165, 1.54) is 0 Å². The molecule has 0 aliphatic carbocycles. The normalized spacial score (nSPS) is 24.6. The number of nitrogens with zero attached hydrogens (tertiary/aromatic N) is 1. The Morgan fingerprint density at radius 3 is 2.73 bits per heavy atom. The zero-order valence-electron chi connectivity index (χ0n) is 13.1. The lowest BCUT2D eigenvalue weighted by molar-refractivity contribution is -0.139. The van der Waals surface area contributed by atoms with Gasteiger partial charge in [-0.05, 0) is 57.4 Å². The number of hydrogen-bond acceptors (Lipinski definition) is 2. The van der Waals surface area contributed by atoms with Crippen molar-refractivity contribution in [2.75, 3.05) is 13.1 Å². The van der Waals surface area contributed by atoms with Crippen LogP contribution in [0.15, 0.2) is 28.7 Å². The number of benzene rings is 1. The molecule has 2 aliphatic heterocycles. The molecule has 2 saturated heterocycles. The largest absolute Gasteiger partial charge is 0.335 e. The number of halogens is 2. The molecule has 0 aromatic heterocycles. The Morgan fingerprint density at radius 1 is 1.27 bits per heavy atom. The van der Waals surface area contributed by atoms with E-state index < -0.39 is 5.41 Å². The second-order valence-corrected chi connectivity index (χ2v) is 7.64. The number of nitrogens with one attached hydrogen (secondary N) is 1. The molecule has 122 valence electrons. The van der Waals surface area contributed by atoms with E-state index >= 15 is 0 Å². The van der Waals surface area contributed by atoms with Crippen molar-refractivity contribution in [1.82, 2.24) is 10.2 Å². The predicted molar refractivity (Wildman–Crippen MR) is 95.6 cm³/mol. The first-order valence-corrected chi connectivity index (χ1v) is 8.59. The molecule has 2 aliphatic rings. The number of carbonyl (C=O) groups is 1. The van der Waals surface area contributed by atoms with Gasteiger partial charge < -0.3 is 10.2 Å². The van der Waals surface area contributed by atoms with Crippen molar-refractivity contribution in [3.63, 3.8) is 0 Å². The molecule has 2 unspecified atom stereocenters. The third kappa shape index (κ3) is 3.19. The number of hydrogen-bond donors (Lipinski definition) is 1. The standard InChI is InChI=1S/C17H23BrN2O.ClH/c1-17(2,12-4-3-5-13(18)10-12)16(21)20-14-6-7-15(20)11-19-9-8-14;/h3-5,10,14-15,19H,6-9,11H2,1-2H3;1H. The zero-order chi connectivity index (χ0) is 15.0. The van der Waals surface area contributed by atoms with Gasteiger partial charge in [-0.3, -0.25) is 4.79 Å². The van der Waals surface area contributed by atoms with Gasteiger partial charge in [-0.25, -0.2) is 0 Å². The molecular weight excluding hydrogens is 364 g/mol. The Hall–Kier alpha value is -0.580. The number of amides is 1. The van der Waals surface area contributed by atoms with E-state index in [1.54, 1.807) is 0 Å². The molecule has 0 saturated carbocycles. The highest BCUT2D eigenvalue weighted by molar-refractivity contribution is 9.10. The second-order valence-electron chi connectivity index (χ2n) is 6.73. The molecule has 1 aromatic carbocycles. The monoisotopic (exact) mass is 386 g/mol. The van der Waals surface area contributed by atoms with Crippen molar-refractivity contribution in [1.29, 1.82) is 0 Å². The second kappa shape index (κ2) is 6.90. The van der Waals surface area contributed by atoms with Gasteiger partial charge in [0.05, 0.1) is 5.41 Å². The van der Waals surface area contributed by atoms with Gasteiger partial charge in [0.15, 0.2) is 0 Å². The van der Waals surface area contributed by atoms with Gasteiger partial charge >= 0.3 is 0 Å². The molecule has 22 heavy (non-hydrogen) atoms. The topological polar surface area (TPSA) is 32.3 Å². The van der Waals surface area contributed by atoms with Crippen molar-refractivity contribution in [3.8, 4) is 0 Å². The van der Waals surface area contributed by atoms with Crippen LogP contribution in [0.25, 0.3) is 0 Å². The van der Waals surface area contributed by atoms with Crippen LogP contribution in [0.4, 0.5) is 0 Å². The summed E-state index contributed by atoms with van der Waals surface area (Å²) in [7, 11) is 0. The molecule has 3 rings (SSSR count). The first-order valence-electron chi connectivity index (χ1n) is 7.79. The van der Waals surface area contributed by atoms with Crippen LogP contribution < -0.4 is 5.32 Å². The van der Waals surface area contributed by atoms with E-state index in [0.29, 0.717) is 12.1 Å². The highest BCUT2D eigenvalue weighted by Gasteiger charge is 2.43. The third-order valence-corrected chi connectivity index (χ3v) is 5.46. The summed E-state index contributed by atoms with van der Waals surface area (Å²) in [6.07, 6.45) is 3.38. The van der Waals surface area contributed by atoms with Gasteiger partial charge in [-0.2, -0.15) is 0 Å². The summed E-state index contributed by atoms with van der Waals surface area (Å²) in [6.45, 7) is 6.07. The third-order valence-electron chi connectivity index (χ3n) is 4.97. The molecule has 2 fully saturated rings. The number of carbonyl (C=O) groups excluding carboxylic acids is 1. The van der Waals surface area contributed by atoms with Crippen LogP contribution in [0.5, 0.6) is 0 Å². The van der Waals surface area contributed by atoms with Crippen molar-refractivity contribution < 1.29 is 4.79 Å². The SMILES string of the molecule is CC(C)(C(=O)N1C2CCNCC1CC2)c1cccc(Br)c1.Cl. The van der Waals surface area contributed by atoms with E-state index in [-0.39, 0.29) is 18.3 Å². The summed E-state index contributed by atoms with van der Waals surface area (Å²) in [4.78, 5) is 15.4. The van der Waals surface area contributed by atoms with Crippen molar-refractivity contribution in [2.24, 2.45) is 0 Å². The minimum Gasteiger partial charge on any atom is -0.335 e. The van der Waals surface area contributed by atoms with Crippen LogP contribution >= 0.6 is 28.3 Å². The Kier molecular flexibility index (Phi) is 5.57. The Bertz CT molecular complexity index is 535. The van der Waals surface area contributed by atoms with E-state index in [4.69, 9.17) is 0 Å². The zero-order valence-corrected chi connectivity index (χ0v) is 15.5. The number of fused-ring (bicyclic) bond motifs is 2. The first kappa shape index (κ1) is 17.8. The lowest BCUT2D eigenvalue weighted by Crippen LogP contribution is -2.50. The first-order chi connectivity index (χ1) is 10.00. The summed E-state index contributed by atoms with van der Waals surface area (Å²) >= 11 is 3.51. The van der Waals surface area contributed by atoms with Crippen LogP contribution in [0.3, 0.4) is 0 Å². The van der Waals surface area contributed by atoms with E-state index in [9.17, 15) is 4.79 Å². The summed E-state index contributed by atoms with van der Waals surface area (Å²) in [6, 6.07) is 8.92. The summed E-state index contributed by atoms with van der Waals surface area (Å²) in [5.41, 5.74) is 0.605. The van der Waals surface area contributed by atoms with Gasteiger partial charge in [0.1, 0.15) is 0 Å². The molecule has 0 spiro atoms. The number of rotatable bonds is 2. The van der Waals surface area contributed by atoms with Crippen molar-refractivity contribution in [3.05, 3.63) is 34.3 Å². The van der Waals surface area contributed by atoms with E-state index in [1.807, 2.05) is 12.1 Å². The highest BCUT2D eigenvalue weighted by Crippen LogP contribution is 2.35.